The topological polar surface area (TPSA) is 3.24 Å². The predicted molar refractivity (Wildman–Crippen MR) is 218 cm³/mol. The van der Waals surface area contributed by atoms with Crippen molar-refractivity contribution in [3.63, 3.8) is 0 Å². The van der Waals surface area contributed by atoms with E-state index < -0.39 is 0 Å². The molecule has 9 aromatic carbocycles. The van der Waals surface area contributed by atoms with Crippen molar-refractivity contribution in [3.8, 4) is 44.5 Å². The average Bonchev–Trinajstić information content (AvgIpc) is 3.21. The molecule has 0 fully saturated rings. The van der Waals surface area contributed by atoms with E-state index in [-0.39, 0.29) is 0 Å². The molecule has 0 bridgehead atoms. The maximum atomic E-state index is 2.40. The van der Waals surface area contributed by atoms with Gasteiger partial charge in [0.15, 0.2) is 0 Å². The van der Waals surface area contributed by atoms with Gasteiger partial charge in [0.2, 0.25) is 0 Å². The molecule has 9 rings (SSSR count). The van der Waals surface area contributed by atoms with E-state index in [9.17, 15) is 0 Å². The summed E-state index contributed by atoms with van der Waals surface area (Å²) in [6.45, 7) is 0. The molecule has 0 aliphatic heterocycles. The van der Waals surface area contributed by atoms with Crippen LogP contribution < -0.4 is 4.90 Å². The summed E-state index contributed by atoms with van der Waals surface area (Å²) in [7, 11) is 0. The highest BCUT2D eigenvalue weighted by atomic mass is 15.1. The first-order valence-electron chi connectivity index (χ1n) is 17.5. The molecule has 1 nitrogen and oxygen atoms in total. The first-order chi connectivity index (χ1) is 25.3. The van der Waals surface area contributed by atoms with Crippen molar-refractivity contribution in [1.29, 1.82) is 0 Å². The van der Waals surface area contributed by atoms with Crippen LogP contribution in [0.1, 0.15) is 0 Å². The number of anilines is 3. The summed E-state index contributed by atoms with van der Waals surface area (Å²) in [4.78, 5) is 2.40. The second kappa shape index (κ2) is 13.3. The van der Waals surface area contributed by atoms with Crippen LogP contribution in [0, 0.1) is 0 Å². The SMILES string of the molecule is c1ccc(-c2cc(-c3ccccc3)cc(N(c3ccc(-c4cccc5ccccc45)cc3)c3cccc(-c4ccc5ccccc5c4)c3)c2)cc1. The molecule has 0 N–H and O–H groups in total. The highest BCUT2D eigenvalue weighted by Gasteiger charge is 2.17. The van der Waals surface area contributed by atoms with Crippen LogP contribution in [0.3, 0.4) is 0 Å². The molecule has 0 aliphatic rings. The first-order valence-corrected chi connectivity index (χ1v) is 17.5. The van der Waals surface area contributed by atoms with Crippen molar-refractivity contribution in [2.45, 2.75) is 0 Å². The lowest BCUT2D eigenvalue weighted by molar-refractivity contribution is 1.28. The average molecular weight is 650 g/mol. The Labute approximate surface area is 299 Å². The van der Waals surface area contributed by atoms with Crippen LogP contribution in [0.25, 0.3) is 66.1 Å². The summed E-state index contributed by atoms with van der Waals surface area (Å²) in [5.41, 5.74) is 12.8. The molecule has 0 aliphatic carbocycles. The van der Waals surface area contributed by atoms with Gasteiger partial charge in [-0.1, -0.05) is 164 Å². The zero-order chi connectivity index (χ0) is 34.0. The Kier molecular flexibility index (Phi) is 7.92. The monoisotopic (exact) mass is 649 g/mol. The van der Waals surface area contributed by atoms with Crippen molar-refractivity contribution in [1.82, 2.24) is 0 Å². The molecule has 0 amide bonds. The van der Waals surface area contributed by atoms with Gasteiger partial charge in [-0.3, -0.25) is 0 Å². The third-order valence-corrected chi connectivity index (χ3v) is 9.80. The summed E-state index contributed by atoms with van der Waals surface area (Å²) in [6, 6.07) is 76.8. The van der Waals surface area contributed by atoms with E-state index >= 15 is 0 Å². The van der Waals surface area contributed by atoms with Crippen molar-refractivity contribution in [2.24, 2.45) is 0 Å². The maximum absolute atomic E-state index is 2.40. The van der Waals surface area contributed by atoms with E-state index in [0.29, 0.717) is 0 Å². The third kappa shape index (κ3) is 6.07. The quantitative estimate of drug-likeness (QED) is 0.166. The molecule has 0 spiro atoms. The van der Waals surface area contributed by atoms with E-state index in [0.717, 1.165) is 17.1 Å². The largest absolute Gasteiger partial charge is 0.310 e. The summed E-state index contributed by atoms with van der Waals surface area (Å²) in [6.07, 6.45) is 0. The molecule has 0 radical (unpaired) electrons. The maximum Gasteiger partial charge on any atom is 0.0473 e. The Morgan fingerprint density at radius 2 is 0.765 bits per heavy atom. The number of fused-ring (bicyclic) bond motifs is 2. The minimum Gasteiger partial charge on any atom is -0.310 e. The molecule has 0 saturated carbocycles. The van der Waals surface area contributed by atoms with Gasteiger partial charge in [0.25, 0.3) is 0 Å². The van der Waals surface area contributed by atoms with Gasteiger partial charge in [-0.25, -0.2) is 0 Å². The fraction of sp³-hybridized carbons (Fsp3) is 0. The molecule has 0 unspecified atom stereocenters. The van der Waals surface area contributed by atoms with E-state index in [1.807, 2.05) is 0 Å². The van der Waals surface area contributed by atoms with Crippen LogP contribution >= 0.6 is 0 Å². The number of rotatable bonds is 7. The van der Waals surface area contributed by atoms with Crippen molar-refractivity contribution in [3.05, 3.63) is 212 Å². The van der Waals surface area contributed by atoms with Crippen LogP contribution in [-0.4, -0.2) is 0 Å². The number of hydrogen-bond donors (Lipinski definition) is 0. The fourth-order valence-electron chi connectivity index (χ4n) is 7.24. The van der Waals surface area contributed by atoms with Crippen LogP contribution in [0.4, 0.5) is 17.1 Å². The van der Waals surface area contributed by atoms with Gasteiger partial charge in [0.05, 0.1) is 0 Å². The molecule has 0 heterocycles. The van der Waals surface area contributed by atoms with Gasteiger partial charge < -0.3 is 4.90 Å². The zero-order valence-electron chi connectivity index (χ0n) is 28.2. The molecule has 0 aromatic heterocycles. The molecule has 0 saturated heterocycles. The van der Waals surface area contributed by atoms with Gasteiger partial charge >= 0.3 is 0 Å². The number of hydrogen-bond acceptors (Lipinski definition) is 1. The Hall–Kier alpha value is -6.70. The lowest BCUT2D eigenvalue weighted by Crippen LogP contribution is -2.10. The van der Waals surface area contributed by atoms with E-state index in [2.05, 4.69) is 217 Å². The van der Waals surface area contributed by atoms with Crippen molar-refractivity contribution < 1.29 is 0 Å². The second-order valence-corrected chi connectivity index (χ2v) is 13.0. The Morgan fingerprint density at radius 1 is 0.235 bits per heavy atom. The molecule has 240 valence electrons. The predicted octanol–water partition coefficient (Wildman–Crippen LogP) is 14.1. The van der Waals surface area contributed by atoms with Crippen molar-refractivity contribution >= 4 is 38.6 Å². The second-order valence-electron chi connectivity index (χ2n) is 13.0. The van der Waals surface area contributed by atoms with Crippen LogP contribution in [-0.2, 0) is 0 Å². The Balaban J connectivity index is 1.22. The molecular weight excluding hydrogens is 615 g/mol. The molecule has 51 heavy (non-hydrogen) atoms. The van der Waals surface area contributed by atoms with Crippen LogP contribution in [0.5, 0.6) is 0 Å². The lowest BCUT2D eigenvalue weighted by Gasteiger charge is -2.27. The van der Waals surface area contributed by atoms with Crippen molar-refractivity contribution in [2.75, 3.05) is 4.90 Å². The summed E-state index contributed by atoms with van der Waals surface area (Å²) in [5, 5.41) is 4.99. The zero-order valence-corrected chi connectivity index (χ0v) is 28.2. The minimum atomic E-state index is 1.10. The molecular formula is C50H35N. The first kappa shape index (κ1) is 30.4. The fourth-order valence-corrected chi connectivity index (χ4v) is 7.24. The highest BCUT2D eigenvalue weighted by Crippen LogP contribution is 2.42. The summed E-state index contributed by atoms with van der Waals surface area (Å²) >= 11 is 0. The van der Waals surface area contributed by atoms with Gasteiger partial charge in [0, 0.05) is 17.1 Å². The standard InChI is InChI=1S/C50H35N/c1-3-13-36(14-4-1)44-32-45(37-15-5-2-6-16-37)35-48(34-44)51(46-29-27-40(28-30-46)50-24-12-20-39-18-9-10-23-49(39)50)47-22-11-21-42(33-47)43-26-25-38-17-7-8-19-41(38)31-43/h1-35H. The Bertz CT molecular complexity index is 2560. The molecule has 9 aromatic rings. The summed E-state index contributed by atoms with van der Waals surface area (Å²) in [5.74, 6) is 0. The molecule has 1 heteroatoms. The normalized spacial score (nSPS) is 11.1. The number of benzene rings is 9. The van der Waals surface area contributed by atoms with Gasteiger partial charge in [-0.15, -0.1) is 0 Å². The van der Waals surface area contributed by atoms with Crippen LogP contribution in [0.15, 0.2) is 212 Å². The van der Waals surface area contributed by atoms with E-state index in [1.54, 1.807) is 0 Å². The third-order valence-electron chi connectivity index (χ3n) is 9.80. The lowest BCUT2D eigenvalue weighted by atomic mass is 9.96. The van der Waals surface area contributed by atoms with Gasteiger partial charge in [-0.05, 0) is 115 Å². The Morgan fingerprint density at radius 3 is 1.49 bits per heavy atom. The molecule has 0 atom stereocenters. The van der Waals surface area contributed by atoms with E-state index in [4.69, 9.17) is 0 Å². The van der Waals surface area contributed by atoms with Crippen LogP contribution in [0.2, 0.25) is 0 Å². The number of nitrogens with zero attached hydrogens (tertiary/aromatic N) is 1. The smallest absolute Gasteiger partial charge is 0.0473 e. The van der Waals surface area contributed by atoms with Gasteiger partial charge in [-0.2, -0.15) is 0 Å². The van der Waals surface area contributed by atoms with E-state index in [1.165, 1.54) is 66.1 Å². The van der Waals surface area contributed by atoms with Gasteiger partial charge in [0.1, 0.15) is 0 Å². The minimum absolute atomic E-state index is 1.10. The highest BCUT2D eigenvalue weighted by molar-refractivity contribution is 5.97. The summed E-state index contributed by atoms with van der Waals surface area (Å²) < 4.78 is 0.